The van der Waals surface area contributed by atoms with Crippen molar-refractivity contribution in [2.45, 2.75) is 26.3 Å². The van der Waals surface area contributed by atoms with E-state index in [9.17, 15) is 4.79 Å². The van der Waals surface area contributed by atoms with Crippen molar-refractivity contribution in [1.29, 1.82) is 0 Å². The first-order valence-electron chi connectivity index (χ1n) is 6.88. The molecule has 0 saturated carbocycles. The van der Waals surface area contributed by atoms with Crippen LogP contribution in [0.3, 0.4) is 0 Å². The first kappa shape index (κ1) is 19.5. The monoisotopic (exact) mass is 316 g/mol. The van der Waals surface area contributed by atoms with E-state index in [1.807, 2.05) is 38.1 Å². The van der Waals surface area contributed by atoms with Gasteiger partial charge in [0.05, 0.1) is 19.7 Å². The fourth-order valence-corrected chi connectivity index (χ4v) is 1.65. The Morgan fingerprint density at radius 2 is 1.86 bits per heavy atom. The van der Waals surface area contributed by atoms with Gasteiger partial charge in [0.1, 0.15) is 18.1 Å². The van der Waals surface area contributed by atoms with Crippen LogP contribution in [0.1, 0.15) is 20.3 Å². The van der Waals surface area contributed by atoms with Gasteiger partial charge in [0.25, 0.3) is 0 Å². The molecule has 0 aliphatic rings. The van der Waals surface area contributed by atoms with Crippen LogP contribution in [-0.4, -0.2) is 32.2 Å². The molecule has 1 aromatic rings. The van der Waals surface area contributed by atoms with Gasteiger partial charge in [-0.15, -0.1) is 12.4 Å². The van der Waals surface area contributed by atoms with Crippen molar-refractivity contribution in [3.8, 4) is 11.5 Å². The Morgan fingerprint density at radius 3 is 2.38 bits per heavy atom. The second kappa shape index (κ2) is 10.3. The minimum atomic E-state index is -0.457. The summed E-state index contributed by atoms with van der Waals surface area (Å²) in [6.45, 7) is 4.84. The highest BCUT2D eigenvalue weighted by molar-refractivity contribution is 5.85. The number of carbonyl (C=O) groups excluding carboxylic acids is 1. The van der Waals surface area contributed by atoms with Gasteiger partial charge in [-0.25, -0.2) is 0 Å². The minimum absolute atomic E-state index is 0. The number of hydrogen-bond donors (Lipinski definition) is 2. The molecule has 0 bridgehead atoms. The molecule has 0 aliphatic heterocycles. The quantitative estimate of drug-likeness (QED) is 0.719. The molecule has 0 aliphatic carbocycles. The zero-order valence-electron chi connectivity index (χ0n) is 12.8. The van der Waals surface area contributed by atoms with Crippen molar-refractivity contribution in [2.75, 3.05) is 20.3 Å². The summed E-state index contributed by atoms with van der Waals surface area (Å²) >= 11 is 0. The molecule has 6 heteroatoms. The van der Waals surface area contributed by atoms with E-state index in [2.05, 4.69) is 5.32 Å². The van der Waals surface area contributed by atoms with Gasteiger partial charge >= 0.3 is 0 Å². The molecule has 21 heavy (non-hydrogen) atoms. The van der Waals surface area contributed by atoms with Gasteiger partial charge in [0.2, 0.25) is 5.91 Å². The third kappa shape index (κ3) is 6.69. The predicted molar refractivity (Wildman–Crippen MR) is 86.2 cm³/mol. The molecule has 0 saturated heterocycles. The summed E-state index contributed by atoms with van der Waals surface area (Å²) in [6.07, 6.45) is 0.886. The second-order valence-electron chi connectivity index (χ2n) is 4.73. The Hall–Kier alpha value is -1.46. The molecule has 2 atom stereocenters. The maximum absolute atomic E-state index is 11.7. The molecule has 0 heterocycles. The van der Waals surface area contributed by atoms with Crippen LogP contribution >= 0.6 is 12.4 Å². The highest BCUT2D eigenvalue weighted by Gasteiger charge is 2.18. The highest BCUT2D eigenvalue weighted by atomic mass is 35.5. The third-order valence-electron chi connectivity index (χ3n) is 3.29. The fourth-order valence-electron chi connectivity index (χ4n) is 1.65. The molecular weight excluding hydrogens is 292 g/mol. The highest BCUT2D eigenvalue weighted by Crippen LogP contribution is 2.16. The largest absolute Gasteiger partial charge is 0.497 e. The summed E-state index contributed by atoms with van der Waals surface area (Å²) < 4.78 is 10.6. The van der Waals surface area contributed by atoms with E-state index in [0.717, 1.165) is 17.9 Å². The number of amides is 1. The molecule has 1 amide bonds. The van der Waals surface area contributed by atoms with Gasteiger partial charge < -0.3 is 20.5 Å². The Balaban J connectivity index is 0.00000400. The molecule has 1 aromatic carbocycles. The molecule has 0 fully saturated rings. The third-order valence-corrected chi connectivity index (χ3v) is 3.29. The van der Waals surface area contributed by atoms with Gasteiger partial charge in [-0.1, -0.05) is 20.3 Å². The number of nitrogens with one attached hydrogen (secondary N) is 1. The van der Waals surface area contributed by atoms with E-state index in [-0.39, 0.29) is 24.2 Å². The Bertz CT molecular complexity index is 412. The molecule has 0 radical (unpaired) electrons. The summed E-state index contributed by atoms with van der Waals surface area (Å²) in [6, 6.07) is 6.84. The topological polar surface area (TPSA) is 73.6 Å². The van der Waals surface area contributed by atoms with Crippen molar-refractivity contribution >= 4 is 18.3 Å². The summed E-state index contributed by atoms with van der Waals surface area (Å²) in [5.74, 6) is 1.58. The zero-order valence-corrected chi connectivity index (χ0v) is 13.6. The van der Waals surface area contributed by atoms with E-state index in [0.29, 0.717) is 13.2 Å². The molecular formula is C15H25ClN2O3. The first-order chi connectivity index (χ1) is 9.58. The number of rotatable bonds is 8. The molecule has 1 rings (SSSR count). The Morgan fingerprint density at radius 1 is 1.29 bits per heavy atom. The van der Waals surface area contributed by atoms with E-state index in [4.69, 9.17) is 15.2 Å². The number of carbonyl (C=O) groups is 1. The van der Waals surface area contributed by atoms with Crippen LogP contribution in [0.15, 0.2) is 24.3 Å². The summed E-state index contributed by atoms with van der Waals surface area (Å²) in [5.41, 5.74) is 5.83. The minimum Gasteiger partial charge on any atom is -0.497 e. The van der Waals surface area contributed by atoms with Gasteiger partial charge in [-0.2, -0.15) is 0 Å². The number of benzene rings is 1. The van der Waals surface area contributed by atoms with Crippen LogP contribution in [-0.2, 0) is 4.79 Å². The molecule has 0 spiro atoms. The maximum atomic E-state index is 11.7. The molecule has 2 unspecified atom stereocenters. The molecule has 0 aromatic heterocycles. The van der Waals surface area contributed by atoms with Gasteiger partial charge in [0, 0.05) is 0 Å². The van der Waals surface area contributed by atoms with Crippen LogP contribution in [0.25, 0.3) is 0 Å². The zero-order chi connectivity index (χ0) is 15.0. The Kier molecular flexibility index (Phi) is 9.58. The number of hydrogen-bond acceptors (Lipinski definition) is 4. The number of halogens is 1. The van der Waals surface area contributed by atoms with Gasteiger partial charge in [-0.3, -0.25) is 4.79 Å². The van der Waals surface area contributed by atoms with Crippen molar-refractivity contribution in [1.82, 2.24) is 5.32 Å². The number of nitrogens with two attached hydrogens (primary N) is 1. The van der Waals surface area contributed by atoms with Crippen molar-refractivity contribution in [2.24, 2.45) is 11.7 Å². The molecule has 3 N–H and O–H groups in total. The standard InChI is InChI=1S/C15H24N2O3.ClH/c1-4-11(2)14(16)15(18)17-9-10-20-13-7-5-12(19-3)6-8-13;/h5-8,11,14H,4,9-10,16H2,1-3H3,(H,17,18);1H. The normalized spacial score (nSPS) is 12.8. The lowest BCUT2D eigenvalue weighted by atomic mass is 9.99. The lowest BCUT2D eigenvalue weighted by molar-refractivity contribution is -0.123. The van der Waals surface area contributed by atoms with Gasteiger partial charge in [-0.05, 0) is 30.2 Å². The number of ether oxygens (including phenoxy) is 2. The Labute approximate surface area is 132 Å². The SMILES string of the molecule is CCC(C)C(N)C(=O)NCCOc1ccc(OC)cc1.Cl. The average molecular weight is 317 g/mol. The van der Waals surface area contributed by atoms with Crippen molar-refractivity contribution < 1.29 is 14.3 Å². The smallest absolute Gasteiger partial charge is 0.237 e. The van der Waals surface area contributed by atoms with Crippen LogP contribution in [0.5, 0.6) is 11.5 Å². The van der Waals surface area contributed by atoms with Crippen LogP contribution < -0.4 is 20.5 Å². The lowest BCUT2D eigenvalue weighted by Gasteiger charge is -2.17. The average Bonchev–Trinajstić information content (AvgIpc) is 2.50. The first-order valence-corrected chi connectivity index (χ1v) is 6.88. The van der Waals surface area contributed by atoms with Crippen molar-refractivity contribution in [3.63, 3.8) is 0 Å². The predicted octanol–water partition coefficient (Wildman–Crippen LogP) is 1.99. The van der Waals surface area contributed by atoms with E-state index in [1.165, 1.54) is 0 Å². The van der Waals surface area contributed by atoms with E-state index < -0.39 is 6.04 Å². The van der Waals surface area contributed by atoms with Crippen molar-refractivity contribution in [3.05, 3.63) is 24.3 Å². The van der Waals surface area contributed by atoms with E-state index in [1.54, 1.807) is 7.11 Å². The summed E-state index contributed by atoms with van der Waals surface area (Å²) in [4.78, 5) is 11.7. The van der Waals surface area contributed by atoms with Crippen LogP contribution in [0.4, 0.5) is 0 Å². The number of methoxy groups -OCH3 is 1. The molecule has 120 valence electrons. The molecule has 5 nitrogen and oxygen atoms in total. The van der Waals surface area contributed by atoms with Crippen LogP contribution in [0, 0.1) is 5.92 Å². The van der Waals surface area contributed by atoms with Crippen LogP contribution in [0.2, 0.25) is 0 Å². The van der Waals surface area contributed by atoms with Gasteiger partial charge in [0.15, 0.2) is 0 Å². The maximum Gasteiger partial charge on any atom is 0.237 e. The van der Waals surface area contributed by atoms with E-state index >= 15 is 0 Å². The fraction of sp³-hybridized carbons (Fsp3) is 0.533. The second-order valence-corrected chi connectivity index (χ2v) is 4.73. The summed E-state index contributed by atoms with van der Waals surface area (Å²) in [7, 11) is 1.62. The lowest BCUT2D eigenvalue weighted by Crippen LogP contribution is -2.45. The summed E-state index contributed by atoms with van der Waals surface area (Å²) in [5, 5.41) is 2.78.